The molecule has 1 saturated heterocycles. The Kier molecular flexibility index (Phi) is 7.09. The lowest BCUT2D eigenvalue weighted by Gasteiger charge is -2.33. The Labute approximate surface area is 155 Å². The molecule has 0 saturated carbocycles. The number of ether oxygens (including phenoxy) is 1. The van der Waals surface area contributed by atoms with Crippen LogP contribution in [0.25, 0.3) is 0 Å². The van der Waals surface area contributed by atoms with Gasteiger partial charge in [0, 0.05) is 37.0 Å². The summed E-state index contributed by atoms with van der Waals surface area (Å²) >= 11 is 0. The molecule has 1 atom stereocenters. The standard InChI is InChI=1S/C20H30N4O2/c1-14(2)19(23)10-18(11-21)26-17-7-3-5-15(9-17)16-6-4-8-24(13-16)20(25)12-22/h3,5,7,9-11,14,16H,4,6,8,12-13,21-23H2,1-2H3/b18-11+,19-10-. The molecular weight excluding hydrogens is 328 g/mol. The molecule has 1 aromatic carbocycles. The van der Waals surface area contributed by atoms with Crippen molar-refractivity contribution in [2.75, 3.05) is 19.6 Å². The average molecular weight is 358 g/mol. The second kappa shape index (κ2) is 9.29. The summed E-state index contributed by atoms with van der Waals surface area (Å²) in [5.74, 6) is 1.72. The normalized spacial score (nSPS) is 18.9. The van der Waals surface area contributed by atoms with Crippen LogP contribution in [0.3, 0.4) is 0 Å². The summed E-state index contributed by atoms with van der Waals surface area (Å²) in [6.45, 7) is 5.56. The van der Waals surface area contributed by atoms with Crippen molar-refractivity contribution in [1.82, 2.24) is 4.90 Å². The summed E-state index contributed by atoms with van der Waals surface area (Å²) in [6.07, 6.45) is 5.17. The third-order valence-corrected chi connectivity index (χ3v) is 4.65. The number of piperidine rings is 1. The predicted octanol–water partition coefficient (Wildman–Crippen LogP) is 2.03. The summed E-state index contributed by atoms with van der Waals surface area (Å²) in [5.41, 5.74) is 19.0. The van der Waals surface area contributed by atoms with Gasteiger partial charge in [-0.15, -0.1) is 0 Å². The average Bonchev–Trinajstić information content (AvgIpc) is 2.66. The third kappa shape index (κ3) is 5.26. The molecule has 2 rings (SSSR count). The maximum absolute atomic E-state index is 11.9. The van der Waals surface area contributed by atoms with Gasteiger partial charge >= 0.3 is 0 Å². The molecule has 142 valence electrons. The molecule has 0 bridgehead atoms. The van der Waals surface area contributed by atoms with Gasteiger partial charge in [-0.25, -0.2) is 0 Å². The zero-order valence-electron chi connectivity index (χ0n) is 15.7. The first kappa shape index (κ1) is 19.8. The lowest BCUT2D eigenvalue weighted by Crippen LogP contribution is -2.42. The lowest BCUT2D eigenvalue weighted by molar-refractivity contribution is -0.130. The maximum Gasteiger partial charge on any atom is 0.236 e. The molecular formula is C20H30N4O2. The lowest BCUT2D eigenvalue weighted by atomic mass is 9.90. The number of carbonyl (C=O) groups excluding carboxylic acids is 1. The molecule has 0 radical (unpaired) electrons. The summed E-state index contributed by atoms with van der Waals surface area (Å²) in [7, 11) is 0. The summed E-state index contributed by atoms with van der Waals surface area (Å²) in [5, 5.41) is 0. The van der Waals surface area contributed by atoms with E-state index in [1.54, 1.807) is 6.08 Å². The van der Waals surface area contributed by atoms with Crippen molar-refractivity contribution < 1.29 is 9.53 Å². The summed E-state index contributed by atoms with van der Waals surface area (Å²) in [6, 6.07) is 7.91. The third-order valence-electron chi connectivity index (χ3n) is 4.65. The van der Waals surface area contributed by atoms with E-state index in [4.69, 9.17) is 21.9 Å². The number of nitrogens with two attached hydrogens (primary N) is 3. The van der Waals surface area contributed by atoms with Gasteiger partial charge in [-0.1, -0.05) is 26.0 Å². The van der Waals surface area contributed by atoms with Crippen LogP contribution in [-0.4, -0.2) is 30.4 Å². The topological polar surface area (TPSA) is 108 Å². The van der Waals surface area contributed by atoms with Crippen LogP contribution in [-0.2, 0) is 4.79 Å². The predicted molar refractivity (Wildman–Crippen MR) is 104 cm³/mol. The molecule has 26 heavy (non-hydrogen) atoms. The monoisotopic (exact) mass is 358 g/mol. The van der Waals surface area contributed by atoms with Gasteiger partial charge in [0.2, 0.25) is 5.91 Å². The van der Waals surface area contributed by atoms with Crippen molar-refractivity contribution in [2.45, 2.75) is 32.6 Å². The van der Waals surface area contributed by atoms with Gasteiger partial charge in [-0.2, -0.15) is 0 Å². The van der Waals surface area contributed by atoms with Crippen molar-refractivity contribution in [3.05, 3.63) is 53.6 Å². The number of benzene rings is 1. The molecule has 6 heteroatoms. The molecule has 0 aliphatic carbocycles. The largest absolute Gasteiger partial charge is 0.456 e. The number of hydrogen-bond donors (Lipinski definition) is 3. The first-order valence-electron chi connectivity index (χ1n) is 9.09. The summed E-state index contributed by atoms with van der Waals surface area (Å²) in [4.78, 5) is 13.7. The number of hydrogen-bond acceptors (Lipinski definition) is 5. The van der Waals surface area contributed by atoms with Crippen LogP contribution in [0, 0.1) is 5.92 Å². The van der Waals surface area contributed by atoms with Gasteiger partial charge in [0.05, 0.1) is 6.54 Å². The Bertz CT molecular complexity index is 682. The van der Waals surface area contributed by atoms with E-state index in [0.29, 0.717) is 23.8 Å². The van der Waals surface area contributed by atoms with Gasteiger partial charge in [-0.05, 0) is 36.5 Å². The minimum absolute atomic E-state index is 0.00440. The van der Waals surface area contributed by atoms with Crippen molar-refractivity contribution in [1.29, 1.82) is 0 Å². The smallest absolute Gasteiger partial charge is 0.236 e. The fraction of sp³-hybridized carbons (Fsp3) is 0.450. The van der Waals surface area contributed by atoms with E-state index in [9.17, 15) is 4.79 Å². The molecule has 1 heterocycles. The van der Waals surface area contributed by atoms with Gasteiger partial charge in [0.25, 0.3) is 0 Å². The number of allylic oxidation sites excluding steroid dienone is 2. The van der Waals surface area contributed by atoms with Crippen molar-refractivity contribution >= 4 is 5.91 Å². The van der Waals surface area contributed by atoms with E-state index in [1.807, 2.05) is 36.9 Å². The molecule has 6 nitrogen and oxygen atoms in total. The number of rotatable bonds is 6. The fourth-order valence-corrected chi connectivity index (χ4v) is 3.02. The molecule has 1 amide bonds. The van der Waals surface area contributed by atoms with Gasteiger partial charge in [0.1, 0.15) is 11.5 Å². The van der Waals surface area contributed by atoms with E-state index in [-0.39, 0.29) is 24.3 Å². The van der Waals surface area contributed by atoms with Crippen molar-refractivity contribution in [3.63, 3.8) is 0 Å². The maximum atomic E-state index is 11.9. The molecule has 1 fully saturated rings. The van der Waals surface area contributed by atoms with E-state index in [2.05, 4.69) is 6.07 Å². The van der Waals surface area contributed by atoms with Gasteiger partial charge in [0.15, 0.2) is 0 Å². The fourth-order valence-electron chi connectivity index (χ4n) is 3.02. The second-order valence-corrected chi connectivity index (χ2v) is 6.93. The number of carbonyl (C=O) groups is 1. The number of amides is 1. The van der Waals surface area contributed by atoms with Crippen LogP contribution < -0.4 is 21.9 Å². The molecule has 0 aromatic heterocycles. The van der Waals surface area contributed by atoms with E-state index in [1.165, 1.54) is 6.20 Å². The van der Waals surface area contributed by atoms with Gasteiger partial charge < -0.3 is 26.8 Å². The highest BCUT2D eigenvalue weighted by atomic mass is 16.5. The Morgan fingerprint density at radius 3 is 2.85 bits per heavy atom. The molecule has 1 aliphatic rings. The SMILES string of the molecule is CC(C)/C(N)=C/C(=C\N)Oc1cccc(C2CCCN(C(=O)CN)C2)c1. The van der Waals surface area contributed by atoms with Gasteiger partial charge in [-0.3, -0.25) is 4.79 Å². The zero-order chi connectivity index (χ0) is 19.1. The molecule has 0 spiro atoms. The minimum atomic E-state index is 0.00440. The van der Waals surface area contributed by atoms with Crippen molar-refractivity contribution in [2.24, 2.45) is 23.1 Å². The molecule has 1 unspecified atom stereocenters. The zero-order valence-corrected chi connectivity index (χ0v) is 15.7. The van der Waals surface area contributed by atoms with Crippen LogP contribution in [0.15, 0.2) is 48.0 Å². The van der Waals surface area contributed by atoms with Crippen LogP contribution in [0.2, 0.25) is 0 Å². The van der Waals surface area contributed by atoms with Crippen LogP contribution in [0.4, 0.5) is 0 Å². The van der Waals surface area contributed by atoms with Crippen LogP contribution in [0.1, 0.15) is 38.2 Å². The number of nitrogens with zero attached hydrogens (tertiary/aromatic N) is 1. The highest BCUT2D eigenvalue weighted by Crippen LogP contribution is 2.29. The quantitative estimate of drug-likeness (QED) is 0.533. The Morgan fingerprint density at radius 2 is 2.19 bits per heavy atom. The molecule has 1 aromatic rings. The van der Waals surface area contributed by atoms with E-state index >= 15 is 0 Å². The Balaban J connectivity index is 2.12. The summed E-state index contributed by atoms with van der Waals surface area (Å²) < 4.78 is 5.89. The molecule has 6 N–H and O–H groups in total. The highest BCUT2D eigenvalue weighted by molar-refractivity contribution is 5.78. The van der Waals surface area contributed by atoms with Crippen LogP contribution in [0.5, 0.6) is 5.75 Å². The first-order chi connectivity index (χ1) is 12.4. The van der Waals surface area contributed by atoms with Crippen molar-refractivity contribution in [3.8, 4) is 5.75 Å². The van der Waals surface area contributed by atoms with E-state index in [0.717, 1.165) is 24.9 Å². The second-order valence-electron chi connectivity index (χ2n) is 6.93. The Morgan fingerprint density at radius 1 is 1.42 bits per heavy atom. The first-order valence-corrected chi connectivity index (χ1v) is 9.09. The minimum Gasteiger partial charge on any atom is -0.456 e. The van der Waals surface area contributed by atoms with Crippen LogP contribution >= 0.6 is 0 Å². The van der Waals surface area contributed by atoms with E-state index < -0.39 is 0 Å². The molecule has 1 aliphatic heterocycles. The highest BCUT2D eigenvalue weighted by Gasteiger charge is 2.24. The Hall–Kier alpha value is -2.47. The number of likely N-dealkylation sites (tertiary alicyclic amines) is 1.